The van der Waals surface area contributed by atoms with Gasteiger partial charge in [0.05, 0.1) is 11.6 Å². The summed E-state index contributed by atoms with van der Waals surface area (Å²) in [6.45, 7) is 7.07. The third-order valence-corrected chi connectivity index (χ3v) is 6.24. The highest BCUT2D eigenvalue weighted by Crippen LogP contribution is 2.18. The lowest BCUT2D eigenvalue weighted by molar-refractivity contribution is -0.136. The number of piperazine rings is 1. The number of benzene rings is 2. The van der Waals surface area contributed by atoms with Crippen molar-refractivity contribution >= 4 is 23.5 Å². The highest BCUT2D eigenvalue weighted by atomic mass is 16.2. The molecule has 3 atom stereocenters. The van der Waals surface area contributed by atoms with E-state index >= 15 is 0 Å². The van der Waals surface area contributed by atoms with Crippen molar-refractivity contribution < 1.29 is 14.4 Å². The average molecular weight is 462 g/mol. The van der Waals surface area contributed by atoms with Crippen LogP contribution in [0, 0.1) is 17.2 Å². The van der Waals surface area contributed by atoms with Gasteiger partial charge in [-0.2, -0.15) is 5.26 Å². The maximum Gasteiger partial charge on any atom is 0.319 e. The number of urea groups is 1. The van der Waals surface area contributed by atoms with E-state index in [-0.39, 0.29) is 23.8 Å². The SMILES string of the molecule is CCC(C)C(NC(=O)Nc1cccc(C#N)c1)C(=O)N1CCN(C(=O)c2ccccc2)C(C)C1. The third kappa shape index (κ3) is 5.93. The molecule has 8 nitrogen and oxygen atoms in total. The van der Waals surface area contributed by atoms with Crippen LogP contribution in [0.4, 0.5) is 10.5 Å². The number of rotatable bonds is 6. The average Bonchev–Trinajstić information content (AvgIpc) is 2.86. The molecular weight excluding hydrogens is 430 g/mol. The molecule has 0 bridgehead atoms. The fourth-order valence-corrected chi connectivity index (χ4v) is 4.06. The Morgan fingerprint density at radius 1 is 1.12 bits per heavy atom. The molecule has 0 aliphatic carbocycles. The Morgan fingerprint density at radius 2 is 1.85 bits per heavy atom. The van der Waals surface area contributed by atoms with Crippen LogP contribution >= 0.6 is 0 Å². The Bertz CT molecular complexity index is 1070. The van der Waals surface area contributed by atoms with Crippen LogP contribution in [0.5, 0.6) is 0 Å². The van der Waals surface area contributed by atoms with Crippen molar-refractivity contribution in [3.05, 3.63) is 65.7 Å². The van der Waals surface area contributed by atoms with Gasteiger partial charge in [0.15, 0.2) is 0 Å². The second-order valence-electron chi connectivity index (χ2n) is 8.65. The summed E-state index contributed by atoms with van der Waals surface area (Å²) in [5.41, 5.74) is 1.54. The summed E-state index contributed by atoms with van der Waals surface area (Å²) in [6.07, 6.45) is 0.711. The molecule has 2 N–H and O–H groups in total. The van der Waals surface area contributed by atoms with Gasteiger partial charge >= 0.3 is 6.03 Å². The number of hydrogen-bond donors (Lipinski definition) is 2. The van der Waals surface area contributed by atoms with E-state index in [0.717, 1.165) is 0 Å². The molecule has 178 valence electrons. The van der Waals surface area contributed by atoms with Gasteiger partial charge < -0.3 is 20.4 Å². The van der Waals surface area contributed by atoms with Gasteiger partial charge in [-0.1, -0.05) is 44.5 Å². The fraction of sp³-hybridized carbons (Fsp3) is 0.385. The van der Waals surface area contributed by atoms with Gasteiger partial charge in [-0.05, 0) is 43.2 Å². The molecule has 3 rings (SSSR count). The standard InChI is InChI=1S/C26H31N5O3/c1-4-18(2)23(29-26(34)28-22-12-8-9-20(15-22)16-27)25(33)30-13-14-31(19(3)17-30)24(32)21-10-6-5-7-11-21/h5-12,15,18-19,23H,4,13-14,17H2,1-3H3,(H2,28,29,34). The maximum atomic E-state index is 13.4. The number of carbonyl (C=O) groups excluding carboxylic acids is 3. The Morgan fingerprint density at radius 3 is 2.50 bits per heavy atom. The predicted molar refractivity (Wildman–Crippen MR) is 130 cm³/mol. The van der Waals surface area contributed by atoms with Crippen LogP contribution in [0.15, 0.2) is 54.6 Å². The number of nitrogens with zero attached hydrogens (tertiary/aromatic N) is 3. The van der Waals surface area contributed by atoms with Gasteiger partial charge in [-0.15, -0.1) is 0 Å². The van der Waals surface area contributed by atoms with E-state index in [1.54, 1.807) is 46.2 Å². The zero-order valence-corrected chi connectivity index (χ0v) is 19.8. The zero-order chi connectivity index (χ0) is 24.7. The molecule has 1 saturated heterocycles. The summed E-state index contributed by atoms with van der Waals surface area (Å²) in [6, 6.07) is 16.4. The molecule has 1 aliphatic rings. The number of nitrogens with one attached hydrogen (secondary N) is 2. The van der Waals surface area contributed by atoms with E-state index in [9.17, 15) is 14.4 Å². The van der Waals surface area contributed by atoms with Crippen molar-refractivity contribution in [3.63, 3.8) is 0 Å². The van der Waals surface area contributed by atoms with Crippen LogP contribution < -0.4 is 10.6 Å². The van der Waals surface area contributed by atoms with Crippen LogP contribution in [0.25, 0.3) is 0 Å². The van der Waals surface area contributed by atoms with Crippen molar-refractivity contribution in [3.8, 4) is 6.07 Å². The first kappa shape index (κ1) is 24.8. The van der Waals surface area contributed by atoms with Gasteiger partial charge in [0.25, 0.3) is 5.91 Å². The van der Waals surface area contributed by atoms with Crippen LogP contribution in [-0.4, -0.2) is 59.4 Å². The second kappa shape index (κ2) is 11.3. The van der Waals surface area contributed by atoms with Crippen molar-refractivity contribution in [2.45, 2.75) is 39.3 Å². The topological polar surface area (TPSA) is 106 Å². The lowest BCUT2D eigenvalue weighted by atomic mass is 9.97. The van der Waals surface area contributed by atoms with Gasteiger partial charge in [0, 0.05) is 36.9 Å². The lowest BCUT2D eigenvalue weighted by Gasteiger charge is -2.41. The molecule has 2 aromatic carbocycles. The minimum atomic E-state index is -0.701. The number of nitriles is 1. The Labute approximate surface area is 200 Å². The predicted octanol–water partition coefficient (Wildman–Crippen LogP) is 3.47. The molecule has 0 saturated carbocycles. The monoisotopic (exact) mass is 461 g/mol. The molecule has 8 heteroatoms. The van der Waals surface area contributed by atoms with Crippen LogP contribution in [-0.2, 0) is 4.79 Å². The van der Waals surface area contributed by atoms with E-state index < -0.39 is 12.1 Å². The first-order valence-electron chi connectivity index (χ1n) is 11.6. The van der Waals surface area contributed by atoms with Gasteiger partial charge in [-0.3, -0.25) is 9.59 Å². The minimum absolute atomic E-state index is 0.0456. The Kier molecular flexibility index (Phi) is 8.25. The molecule has 3 unspecified atom stereocenters. The largest absolute Gasteiger partial charge is 0.337 e. The van der Waals surface area contributed by atoms with Gasteiger partial charge in [0.1, 0.15) is 6.04 Å². The Hall–Kier alpha value is -3.86. The van der Waals surface area contributed by atoms with Crippen molar-refractivity contribution in [2.75, 3.05) is 25.0 Å². The van der Waals surface area contributed by atoms with Crippen LogP contribution in [0.3, 0.4) is 0 Å². The zero-order valence-electron chi connectivity index (χ0n) is 19.8. The van der Waals surface area contributed by atoms with E-state index in [1.165, 1.54) is 0 Å². The highest BCUT2D eigenvalue weighted by Gasteiger charge is 2.35. The summed E-state index contributed by atoms with van der Waals surface area (Å²) in [5, 5.41) is 14.6. The molecule has 1 heterocycles. The normalized spacial score (nSPS) is 17.3. The third-order valence-electron chi connectivity index (χ3n) is 6.24. The van der Waals surface area contributed by atoms with Crippen LogP contribution in [0.2, 0.25) is 0 Å². The van der Waals surface area contributed by atoms with E-state index in [0.29, 0.717) is 42.9 Å². The molecule has 2 aromatic rings. The van der Waals surface area contributed by atoms with Crippen molar-refractivity contribution in [1.82, 2.24) is 15.1 Å². The summed E-state index contributed by atoms with van der Waals surface area (Å²) < 4.78 is 0. The number of carbonyl (C=O) groups is 3. The quantitative estimate of drug-likeness (QED) is 0.687. The van der Waals surface area contributed by atoms with Crippen LogP contribution in [0.1, 0.15) is 43.1 Å². The maximum absolute atomic E-state index is 13.4. The number of anilines is 1. The highest BCUT2D eigenvalue weighted by molar-refractivity contribution is 5.95. The van der Waals surface area contributed by atoms with E-state index in [4.69, 9.17) is 5.26 Å². The van der Waals surface area contributed by atoms with Gasteiger partial charge in [0.2, 0.25) is 5.91 Å². The molecule has 0 spiro atoms. The molecular formula is C26H31N5O3. The molecule has 34 heavy (non-hydrogen) atoms. The first-order valence-corrected chi connectivity index (χ1v) is 11.6. The minimum Gasteiger partial charge on any atom is -0.337 e. The van der Waals surface area contributed by atoms with E-state index in [2.05, 4.69) is 10.6 Å². The smallest absolute Gasteiger partial charge is 0.319 e. The summed E-state index contributed by atoms with van der Waals surface area (Å²) in [7, 11) is 0. The molecule has 4 amide bonds. The first-order chi connectivity index (χ1) is 16.3. The van der Waals surface area contributed by atoms with Gasteiger partial charge in [-0.25, -0.2) is 4.79 Å². The molecule has 1 fully saturated rings. The summed E-state index contributed by atoms with van der Waals surface area (Å²) in [4.78, 5) is 42.5. The summed E-state index contributed by atoms with van der Waals surface area (Å²) >= 11 is 0. The Balaban J connectivity index is 1.65. The van der Waals surface area contributed by atoms with Crippen molar-refractivity contribution in [1.29, 1.82) is 5.26 Å². The van der Waals surface area contributed by atoms with E-state index in [1.807, 2.05) is 45.0 Å². The molecule has 0 radical (unpaired) electrons. The second-order valence-corrected chi connectivity index (χ2v) is 8.65. The number of hydrogen-bond acceptors (Lipinski definition) is 4. The number of amides is 4. The molecule has 0 aromatic heterocycles. The summed E-state index contributed by atoms with van der Waals surface area (Å²) in [5.74, 6) is -0.285. The lowest BCUT2D eigenvalue weighted by Crippen LogP contribution is -2.60. The fourth-order valence-electron chi connectivity index (χ4n) is 4.06. The van der Waals surface area contributed by atoms with Crippen molar-refractivity contribution in [2.24, 2.45) is 5.92 Å². The molecule has 1 aliphatic heterocycles.